The van der Waals surface area contributed by atoms with Gasteiger partial charge >= 0.3 is 0 Å². The highest BCUT2D eigenvalue weighted by Crippen LogP contribution is 2.17. The molecule has 1 aromatic rings. The highest BCUT2D eigenvalue weighted by molar-refractivity contribution is 7.89. The smallest absolute Gasteiger partial charge is 0.208 e. The Morgan fingerprint density at radius 1 is 1.24 bits per heavy atom. The summed E-state index contributed by atoms with van der Waals surface area (Å²) in [4.78, 5) is 0.131. The van der Waals surface area contributed by atoms with Crippen molar-refractivity contribution in [3.63, 3.8) is 0 Å². The van der Waals surface area contributed by atoms with E-state index < -0.39 is 15.8 Å². The molecule has 96 valence electrons. The molecule has 0 amide bonds. The van der Waals surface area contributed by atoms with Gasteiger partial charge in [-0.15, -0.1) is 0 Å². The van der Waals surface area contributed by atoms with Crippen LogP contribution in [0.3, 0.4) is 0 Å². The molecule has 0 saturated carbocycles. The maximum absolute atomic E-state index is 12.9. The van der Waals surface area contributed by atoms with E-state index in [1.807, 2.05) is 13.8 Å². The quantitative estimate of drug-likeness (QED) is 0.902. The molecule has 0 radical (unpaired) electrons. The summed E-state index contributed by atoms with van der Waals surface area (Å²) in [6.45, 7) is 7.26. The van der Waals surface area contributed by atoms with Crippen molar-refractivity contribution in [3.05, 3.63) is 29.6 Å². The molecule has 0 aromatic heterocycles. The molecule has 0 saturated heterocycles. The maximum Gasteiger partial charge on any atom is 0.241 e. The topological polar surface area (TPSA) is 46.2 Å². The van der Waals surface area contributed by atoms with Crippen molar-refractivity contribution in [2.75, 3.05) is 0 Å². The molecule has 0 heterocycles. The summed E-state index contributed by atoms with van der Waals surface area (Å²) >= 11 is 0. The van der Waals surface area contributed by atoms with Crippen LogP contribution in [0.4, 0.5) is 4.39 Å². The van der Waals surface area contributed by atoms with Gasteiger partial charge in [0.2, 0.25) is 10.0 Å². The van der Waals surface area contributed by atoms with Crippen molar-refractivity contribution in [1.29, 1.82) is 0 Å². The number of hydrogen-bond donors (Lipinski definition) is 1. The lowest BCUT2D eigenvalue weighted by Crippen LogP contribution is -2.36. The summed E-state index contributed by atoms with van der Waals surface area (Å²) in [5, 5.41) is 0. The lowest BCUT2D eigenvalue weighted by molar-refractivity contribution is 0.476. The number of rotatable bonds is 4. The first kappa shape index (κ1) is 14.1. The highest BCUT2D eigenvalue weighted by Gasteiger charge is 2.21. The van der Waals surface area contributed by atoms with E-state index >= 15 is 0 Å². The van der Waals surface area contributed by atoms with Gasteiger partial charge in [-0.25, -0.2) is 17.5 Å². The average molecular weight is 259 g/mol. The number of aryl methyl sites for hydroxylation is 1. The van der Waals surface area contributed by atoms with E-state index in [1.165, 1.54) is 12.1 Å². The number of halogens is 1. The molecule has 1 aromatic carbocycles. The van der Waals surface area contributed by atoms with Gasteiger partial charge in [0.25, 0.3) is 0 Å². The molecule has 5 heteroatoms. The second-order valence-electron chi connectivity index (χ2n) is 4.56. The van der Waals surface area contributed by atoms with Gasteiger partial charge in [-0.2, -0.15) is 0 Å². The molecule has 1 N–H and O–H groups in total. The number of hydrogen-bond acceptors (Lipinski definition) is 2. The van der Waals surface area contributed by atoms with Crippen LogP contribution >= 0.6 is 0 Å². The third-order valence-electron chi connectivity index (χ3n) is 2.77. The lowest BCUT2D eigenvalue weighted by Gasteiger charge is -2.18. The summed E-state index contributed by atoms with van der Waals surface area (Å²) in [5.41, 5.74) is 0.411. The van der Waals surface area contributed by atoms with Crippen molar-refractivity contribution >= 4 is 10.0 Å². The first-order valence-corrected chi connectivity index (χ1v) is 7.01. The molecule has 0 bridgehead atoms. The fourth-order valence-corrected chi connectivity index (χ4v) is 2.98. The molecular formula is C12H18FNO2S. The van der Waals surface area contributed by atoms with E-state index in [9.17, 15) is 12.8 Å². The zero-order valence-corrected chi connectivity index (χ0v) is 11.3. The van der Waals surface area contributed by atoms with Crippen LogP contribution in [0.15, 0.2) is 23.1 Å². The van der Waals surface area contributed by atoms with Crippen molar-refractivity contribution in [3.8, 4) is 0 Å². The molecule has 0 aliphatic rings. The third-order valence-corrected chi connectivity index (χ3v) is 4.49. The molecule has 17 heavy (non-hydrogen) atoms. The third kappa shape index (κ3) is 3.51. The van der Waals surface area contributed by atoms with Crippen molar-refractivity contribution in [1.82, 2.24) is 4.72 Å². The van der Waals surface area contributed by atoms with Gasteiger partial charge in [0.15, 0.2) is 0 Å². The number of nitrogens with one attached hydrogen (secondary N) is 1. The van der Waals surface area contributed by atoms with E-state index in [0.717, 1.165) is 6.07 Å². The fourth-order valence-electron chi connectivity index (χ4n) is 1.36. The summed E-state index contributed by atoms with van der Waals surface area (Å²) in [6.07, 6.45) is 0. The second kappa shape index (κ2) is 5.14. The molecule has 0 spiro atoms. The number of sulfonamides is 1. The normalized spacial score (nSPS) is 14.0. The minimum absolute atomic E-state index is 0.131. The monoisotopic (exact) mass is 259 g/mol. The Morgan fingerprint density at radius 3 is 2.29 bits per heavy atom. The Kier molecular flexibility index (Phi) is 4.27. The van der Waals surface area contributed by atoms with E-state index in [1.54, 1.807) is 13.8 Å². The van der Waals surface area contributed by atoms with Gasteiger partial charge in [-0.3, -0.25) is 0 Å². The Morgan fingerprint density at radius 2 is 1.82 bits per heavy atom. The van der Waals surface area contributed by atoms with Crippen LogP contribution in [0.5, 0.6) is 0 Å². The summed E-state index contributed by atoms with van der Waals surface area (Å²) in [6, 6.07) is 3.50. The standard InChI is InChI=1S/C12H18FNO2S/c1-8(2)10(4)14-17(15,16)12-6-5-11(13)7-9(12)3/h5-8,10,14H,1-4H3/t10-/m0/s1. The minimum atomic E-state index is -3.57. The van der Waals surface area contributed by atoms with E-state index in [-0.39, 0.29) is 16.9 Å². The summed E-state index contributed by atoms with van der Waals surface area (Å²) < 4.78 is 39.6. The predicted octanol–water partition coefficient (Wildman–Crippen LogP) is 2.46. The molecule has 3 nitrogen and oxygen atoms in total. The zero-order chi connectivity index (χ0) is 13.2. The minimum Gasteiger partial charge on any atom is -0.208 e. The van der Waals surface area contributed by atoms with Crippen molar-refractivity contribution < 1.29 is 12.8 Å². The van der Waals surface area contributed by atoms with Crippen LogP contribution in [-0.4, -0.2) is 14.5 Å². The van der Waals surface area contributed by atoms with Gasteiger partial charge in [-0.1, -0.05) is 13.8 Å². The fraction of sp³-hybridized carbons (Fsp3) is 0.500. The van der Waals surface area contributed by atoms with Gasteiger partial charge in [0.05, 0.1) is 4.90 Å². The number of benzene rings is 1. The van der Waals surface area contributed by atoms with Crippen LogP contribution in [0, 0.1) is 18.7 Å². The van der Waals surface area contributed by atoms with Crippen molar-refractivity contribution in [2.45, 2.75) is 38.6 Å². The first-order valence-electron chi connectivity index (χ1n) is 5.52. The lowest BCUT2D eigenvalue weighted by atomic mass is 10.1. The Balaban J connectivity index is 3.06. The van der Waals surface area contributed by atoms with Crippen LogP contribution in [0.1, 0.15) is 26.3 Å². The van der Waals surface area contributed by atoms with Gasteiger partial charge in [0.1, 0.15) is 5.82 Å². The molecule has 1 atom stereocenters. The van der Waals surface area contributed by atoms with Crippen LogP contribution in [0.2, 0.25) is 0 Å². The van der Waals surface area contributed by atoms with E-state index in [2.05, 4.69) is 4.72 Å². The molecular weight excluding hydrogens is 241 g/mol. The van der Waals surface area contributed by atoms with Crippen LogP contribution in [-0.2, 0) is 10.0 Å². The predicted molar refractivity (Wildman–Crippen MR) is 65.8 cm³/mol. The van der Waals surface area contributed by atoms with Gasteiger partial charge < -0.3 is 0 Å². The molecule has 1 rings (SSSR count). The molecule has 0 unspecified atom stereocenters. The molecule has 0 aliphatic carbocycles. The molecule has 0 aliphatic heterocycles. The zero-order valence-electron chi connectivity index (χ0n) is 10.5. The average Bonchev–Trinajstić information content (AvgIpc) is 2.15. The van der Waals surface area contributed by atoms with E-state index in [0.29, 0.717) is 5.56 Å². The first-order chi connectivity index (χ1) is 7.74. The van der Waals surface area contributed by atoms with E-state index in [4.69, 9.17) is 0 Å². The summed E-state index contributed by atoms with van der Waals surface area (Å²) in [5.74, 6) is -0.233. The van der Waals surface area contributed by atoms with Crippen LogP contribution < -0.4 is 4.72 Å². The second-order valence-corrected chi connectivity index (χ2v) is 6.25. The largest absolute Gasteiger partial charge is 0.241 e. The highest BCUT2D eigenvalue weighted by atomic mass is 32.2. The maximum atomic E-state index is 12.9. The van der Waals surface area contributed by atoms with Gasteiger partial charge in [-0.05, 0) is 43.5 Å². The SMILES string of the molecule is Cc1cc(F)ccc1S(=O)(=O)N[C@@H](C)C(C)C. The Labute approximate surface area is 102 Å². The molecule has 0 fully saturated rings. The van der Waals surface area contributed by atoms with Gasteiger partial charge in [0, 0.05) is 6.04 Å². The van der Waals surface area contributed by atoms with Crippen LogP contribution in [0.25, 0.3) is 0 Å². The Hall–Kier alpha value is -0.940. The summed E-state index contributed by atoms with van der Waals surface area (Å²) in [7, 11) is -3.57. The Bertz CT molecular complexity index is 497. The van der Waals surface area contributed by atoms with Crippen molar-refractivity contribution in [2.24, 2.45) is 5.92 Å².